The molecule has 1 aliphatic heterocycles. The maximum Gasteiger partial charge on any atom is 0.191 e. The van der Waals surface area contributed by atoms with Crippen LogP contribution in [0.3, 0.4) is 0 Å². The minimum atomic E-state index is 0. The summed E-state index contributed by atoms with van der Waals surface area (Å²) in [6.07, 6.45) is 0.829. The fraction of sp³-hybridized carbons (Fsp3) is 0.533. The number of ether oxygens (including phenoxy) is 2. The molecule has 0 amide bonds. The largest absolute Gasteiger partial charge is 0.486 e. The Kier molecular flexibility index (Phi) is 8.09. The van der Waals surface area contributed by atoms with Crippen molar-refractivity contribution in [2.45, 2.75) is 26.3 Å². The van der Waals surface area contributed by atoms with Crippen LogP contribution in [0.15, 0.2) is 17.1 Å². The van der Waals surface area contributed by atoms with Gasteiger partial charge in [0.05, 0.1) is 5.02 Å². The number of halogens is 2. The number of hydrogen-bond donors (Lipinski definition) is 2. The first-order valence-corrected chi connectivity index (χ1v) is 7.53. The van der Waals surface area contributed by atoms with E-state index in [1.807, 2.05) is 12.1 Å². The zero-order valence-electron chi connectivity index (χ0n) is 13.1. The SMILES string of the molecule is CN=C(NCCc1cc(Cl)c2c(c1)OCCO2)NC(C)C.I. The molecule has 22 heavy (non-hydrogen) atoms. The average Bonchev–Trinajstić information content (AvgIpc) is 2.46. The molecule has 1 aliphatic rings. The van der Waals surface area contributed by atoms with Crippen molar-refractivity contribution < 1.29 is 9.47 Å². The van der Waals surface area contributed by atoms with E-state index in [-0.39, 0.29) is 24.0 Å². The molecule has 0 bridgehead atoms. The molecule has 0 aliphatic carbocycles. The summed E-state index contributed by atoms with van der Waals surface area (Å²) in [5.41, 5.74) is 1.11. The van der Waals surface area contributed by atoms with E-state index in [1.54, 1.807) is 7.05 Å². The van der Waals surface area contributed by atoms with Crippen molar-refractivity contribution in [2.24, 2.45) is 4.99 Å². The van der Waals surface area contributed by atoms with E-state index in [1.165, 1.54) is 0 Å². The van der Waals surface area contributed by atoms with E-state index in [4.69, 9.17) is 21.1 Å². The summed E-state index contributed by atoms with van der Waals surface area (Å²) in [4.78, 5) is 4.17. The third-order valence-corrected chi connectivity index (χ3v) is 3.29. The molecule has 0 saturated carbocycles. The molecule has 7 heteroatoms. The first-order valence-electron chi connectivity index (χ1n) is 7.15. The molecule has 0 spiro atoms. The highest BCUT2D eigenvalue weighted by atomic mass is 127. The predicted molar refractivity (Wildman–Crippen MR) is 101 cm³/mol. The smallest absolute Gasteiger partial charge is 0.191 e. The molecule has 1 aromatic carbocycles. The lowest BCUT2D eigenvalue weighted by molar-refractivity contribution is 0.171. The van der Waals surface area contributed by atoms with Crippen molar-refractivity contribution >= 4 is 41.5 Å². The van der Waals surface area contributed by atoms with Gasteiger partial charge in [-0.15, -0.1) is 24.0 Å². The van der Waals surface area contributed by atoms with E-state index >= 15 is 0 Å². The van der Waals surface area contributed by atoms with Crippen LogP contribution >= 0.6 is 35.6 Å². The Hall–Kier alpha value is -0.890. The third kappa shape index (κ3) is 5.39. The van der Waals surface area contributed by atoms with Crippen LogP contribution in [-0.2, 0) is 6.42 Å². The van der Waals surface area contributed by atoms with Gasteiger partial charge in [0.1, 0.15) is 13.2 Å². The Labute approximate surface area is 153 Å². The van der Waals surface area contributed by atoms with Crippen molar-refractivity contribution in [3.05, 3.63) is 22.7 Å². The molecule has 0 atom stereocenters. The molecular weight excluding hydrogens is 417 g/mol. The molecule has 1 heterocycles. The maximum atomic E-state index is 6.22. The van der Waals surface area contributed by atoms with Gasteiger partial charge in [0.25, 0.3) is 0 Å². The summed E-state index contributed by atoms with van der Waals surface area (Å²) >= 11 is 6.22. The van der Waals surface area contributed by atoms with Crippen molar-refractivity contribution in [1.82, 2.24) is 10.6 Å². The number of hydrogen-bond acceptors (Lipinski definition) is 3. The monoisotopic (exact) mass is 439 g/mol. The van der Waals surface area contributed by atoms with Crippen molar-refractivity contribution in [2.75, 3.05) is 26.8 Å². The summed E-state index contributed by atoms with van der Waals surface area (Å²) in [5, 5.41) is 7.12. The number of nitrogens with zero attached hydrogens (tertiary/aromatic N) is 1. The summed E-state index contributed by atoms with van der Waals surface area (Å²) in [5.74, 6) is 2.18. The first kappa shape index (κ1) is 19.2. The van der Waals surface area contributed by atoms with Gasteiger partial charge >= 0.3 is 0 Å². The van der Waals surface area contributed by atoms with Crippen molar-refractivity contribution in [3.8, 4) is 11.5 Å². The topological polar surface area (TPSA) is 54.9 Å². The highest BCUT2D eigenvalue weighted by molar-refractivity contribution is 14.0. The Bertz CT molecular complexity index is 524. The summed E-state index contributed by atoms with van der Waals surface area (Å²) in [7, 11) is 1.76. The third-order valence-electron chi connectivity index (χ3n) is 3.01. The van der Waals surface area contributed by atoms with Crippen LogP contribution in [0.1, 0.15) is 19.4 Å². The number of benzene rings is 1. The van der Waals surface area contributed by atoms with E-state index in [0.29, 0.717) is 30.0 Å². The Morgan fingerprint density at radius 2 is 2.05 bits per heavy atom. The fourth-order valence-electron chi connectivity index (χ4n) is 2.10. The van der Waals surface area contributed by atoms with Gasteiger partial charge in [0, 0.05) is 19.6 Å². The van der Waals surface area contributed by atoms with E-state index in [2.05, 4.69) is 29.5 Å². The van der Waals surface area contributed by atoms with Gasteiger partial charge in [-0.05, 0) is 38.0 Å². The molecule has 1 aromatic rings. The fourth-order valence-corrected chi connectivity index (χ4v) is 2.39. The highest BCUT2D eigenvalue weighted by Gasteiger charge is 2.16. The van der Waals surface area contributed by atoms with Crippen LogP contribution in [0.4, 0.5) is 0 Å². The van der Waals surface area contributed by atoms with Gasteiger partial charge < -0.3 is 20.1 Å². The van der Waals surface area contributed by atoms with Crippen molar-refractivity contribution in [1.29, 1.82) is 0 Å². The summed E-state index contributed by atoms with van der Waals surface area (Å²) in [6.45, 7) is 6.03. The minimum absolute atomic E-state index is 0. The number of guanidine groups is 1. The molecule has 0 aromatic heterocycles. The number of rotatable bonds is 4. The molecule has 0 fully saturated rings. The predicted octanol–water partition coefficient (Wildman–Crippen LogP) is 2.85. The van der Waals surface area contributed by atoms with Crippen LogP contribution < -0.4 is 20.1 Å². The maximum absolute atomic E-state index is 6.22. The second kappa shape index (κ2) is 9.29. The molecule has 5 nitrogen and oxygen atoms in total. The van der Waals surface area contributed by atoms with Gasteiger partial charge in [-0.3, -0.25) is 4.99 Å². The van der Waals surface area contributed by atoms with E-state index in [9.17, 15) is 0 Å². The van der Waals surface area contributed by atoms with Crippen LogP contribution in [0.5, 0.6) is 11.5 Å². The van der Waals surface area contributed by atoms with Crippen LogP contribution in [0.25, 0.3) is 0 Å². The van der Waals surface area contributed by atoms with Gasteiger partial charge in [0.2, 0.25) is 0 Å². The van der Waals surface area contributed by atoms with Crippen LogP contribution in [0, 0.1) is 0 Å². The standard InChI is InChI=1S/C15H22ClN3O2.HI/c1-10(2)19-15(17-3)18-5-4-11-8-12(16)14-13(9-11)20-6-7-21-14;/h8-10H,4-7H2,1-3H3,(H2,17,18,19);1H. The number of aliphatic imine (C=N–C) groups is 1. The van der Waals surface area contributed by atoms with E-state index in [0.717, 1.165) is 30.2 Å². The molecule has 2 N–H and O–H groups in total. The quantitative estimate of drug-likeness (QED) is 0.430. The van der Waals surface area contributed by atoms with E-state index < -0.39 is 0 Å². The minimum Gasteiger partial charge on any atom is -0.486 e. The molecule has 0 saturated heterocycles. The average molecular weight is 440 g/mol. The summed E-state index contributed by atoms with van der Waals surface area (Å²) in [6, 6.07) is 4.26. The lowest BCUT2D eigenvalue weighted by Crippen LogP contribution is -2.41. The molecular formula is C15H23ClIN3O2. The van der Waals surface area contributed by atoms with Crippen LogP contribution in [0.2, 0.25) is 5.02 Å². The number of nitrogens with one attached hydrogen (secondary N) is 2. The van der Waals surface area contributed by atoms with Crippen molar-refractivity contribution in [3.63, 3.8) is 0 Å². The summed E-state index contributed by atoms with van der Waals surface area (Å²) < 4.78 is 11.1. The lowest BCUT2D eigenvalue weighted by Gasteiger charge is -2.20. The zero-order chi connectivity index (χ0) is 15.2. The first-order chi connectivity index (χ1) is 10.1. The Morgan fingerprint density at radius 1 is 1.32 bits per heavy atom. The normalized spacial score (nSPS) is 13.6. The molecule has 2 rings (SSSR count). The number of fused-ring (bicyclic) bond motifs is 1. The highest BCUT2D eigenvalue weighted by Crippen LogP contribution is 2.38. The Balaban J connectivity index is 0.00000242. The second-order valence-corrected chi connectivity index (χ2v) is 5.56. The molecule has 0 radical (unpaired) electrons. The van der Waals surface area contributed by atoms with Gasteiger partial charge in [-0.1, -0.05) is 11.6 Å². The Morgan fingerprint density at radius 3 is 2.73 bits per heavy atom. The molecule has 124 valence electrons. The van der Waals surface area contributed by atoms with Crippen LogP contribution in [-0.4, -0.2) is 38.8 Å². The zero-order valence-corrected chi connectivity index (χ0v) is 16.2. The second-order valence-electron chi connectivity index (χ2n) is 5.15. The van der Waals surface area contributed by atoms with Gasteiger partial charge in [-0.25, -0.2) is 0 Å². The lowest BCUT2D eigenvalue weighted by atomic mass is 10.1. The van der Waals surface area contributed by atoms with Gasteiger partial charge in [-0.2, -0.15) is 0 Å². The molecule has 0 unspecified atom stereocenters. The van der Waals surface area contributed by atoms with Gasteiger partial charge in [0.15, 0.2) is 17.5 Å².